The number of carbonyl (C=O) groups excluding carboxylic acids is 1. The first-order chi connectivity index (χ1) is 7.71. The minimum atomic E-state index is -0.0702. The van der Waals surface area contributed by atoms with Crippen molar-refractivity contribution >= 4 is 5.91 Å². The number of carbonyl (C=O) groups is 1. The summed E-state index contributed by atoms with van der Waals surface area (Å²) in [5.41, 5.74) is 3.53. The van der Waals surface area contributed by atoms with E-state index in [9.17, 15) is 4.79 Å². The molecule has 0 saturated carbocycles. The quantitative estimate of drug-likeness (QED) is 0.484. The van der Waals surface area contributed by atoms with Gasteiger partial charge in [0, 0.05) is 7.05 Å². The number of benzene rings is 1. The lowest BCUT2D eigenvalue weighted by Gasteiger charge is -2.21. The second kappa shape index (κ2) is 4.88. The number of hydrazine groups is 1. The Labute approximate surface area is 104 Å². The summed E-state index contributed by atoms with van der Waals surface area (Å²) in [6.45, 7) is 8.51. The van der Waals surface area contributed by atoms with Crippen molar-refractivity contribution in [3.8, 4) is 0 Å². The molecule has 0 heterocycles. The molecule has 0 aliphatic rings. The molecule has 0 bridgehead atoms. The molecular formula is C14H22N2O. The highest BCUT2D eigenvalue weighted by Gasteiger charge is 2.16. The highest BCUT2D eigenvalue weighted by molar-refractivity contribution is 5.78. The molecule has 0 aliphatic carbocycles. The first-order valence-corrected chi connectivity index (χ1v) is 5.83. The van der Waals surface area contributed by atoms with Crippen LogP contribution in [0.1, 0.15) is 37.5 Å². The van der Waals surface area contributed by atoms with Gasteiger partial charge in [-0.25, -0.2) is 5.84 Å². The van der Waals surface area contributed by atoms with E-state index in [1.165, 1.54) is 5.56 Å². The minimum absolute atomic E-state index is 0.0702. The van der Waals surface area contributed by atoms with Crippen LogP contribution in [0.25, 0.3) is 0 Å². The highest BCUT2D eigenvalue weighted by atomic mass is 16.2. The molecule has 3 nitrogen and oxygen atoms in total. The van der Waals surface area contributed by atoms with E-state index in [-0.39, 0.29) is 11.3 Å². The SMILES string of the molecule is Cc1ccc(C(C)(C)C)cc1CC(=O)N(C)N. The molecule has 0 fully saturated rings. The number of nitrogens with two attached hydrogens (primary N) is 1. The minimum Gasteiger partial charge on any atom is -0.284 e. The Bertz CT molecular complexity index is 417. The van der Waals surface area contributed by atoms with Gasteiger partial charge in [0.25, 0.3) is 0 Å². The monoisotopic (exact) mass is 234 g/mol. The Kier molecular flexibility index (Phi) is 3.94. The van der Waals surface area contributed by atoms with E-state index >= 15 is 0 Å². The van der Waals surface area contributed by atoms with Crippen LogP contribution in [0, 0.1) is 6.92 Å². The summed E-state index contributed by atoms with van der Waals surface area (Å²) in [5.74, 6) is 5.37. The topological polar surface area (TPSA) is 46.3 Å². The number of likely N-dealkylation sites (N-methyl/N-ethyl adjacent to an activating group) is 1. The van der Waals surface area contributed by atoms with Crippen molar-refractivity contribution in [2.75, 3.05) is 7.05 Å². The number of amides is 1. The Hall–Kier alpha value is -1.35. The zero-order valence-corrected chi connectivity index (χ0v) is 11.4. The van der Waals surface area contributed by atoms with Crippen molar-refractivity contribution in [3.63, 3.8) is 0 Å². The lowest BCUT2D eigenvalue weighted by atomic mass is 9.85. The van der Waals surface area contributed by atoms with Crippen LogP contribution in [0.2, 0.25) is 0 Å². The molecule has 0 saturated heterocycles. The van der Waals surface area contributed by atoms with Crippen LogP contribution in [-0.4, -0.2) is 18.0 Å². The Balaban J connectivity index is 3.03. The summed E-state index contributed by atoms with van der Waals surface area (Å²) in [5, 5.41) is 1.14. The van der Waals surface area contributed by atoms with E-state index in [0.29, 0.717) is 6.42 Å². The van der Waals surface area contributed by atoms with Crippen molar-refractivity contribution in [2.45, 2.75) is 39.5 Å². The van der Waals surface area contributed by atoms with E-state index in [1.807, 2.05) is 6.92 Å². The molecule has 0 atom stereocenters. The number of aryl methyl sites for hydroxylation is 1. The molecule has 0 aromatic heterocycles. The van der Waals surface area contributed by atoms with Crippen LogP contribution in [0.4, 0.5) is 0 Å². The van der Waals surface area contributed by atoms with Gasteiger partial charge in [0.15, 0.2) is 0 Å². The Morgan fingerprint density at radius 3 is 2.41 bits per heavy atom. The fourth-order valence-corrected chi connectivity index (χ4v) is 1.62. The maximum atomic E-state index is 11.6. The van der Waals surface area contributed by atoms with E-state index in [2.05, 4.69) is 39.0 Å². The zero-order valence-electron chi connectivity index (χ0n) is 11.4. The zero-order chi connectivity index (χ0) is 13.2. The van der Waals surface area contributed by atoms with Crippen molar-refractivity contribution in [1.29, 1.82) is 0 Å². The second-order valence-electron chi connectivity index (χ2n) is 5.57. The molecule has 17 heavy (non-hydrogen) atoms. The Morgan fingerprint density at radius 2 is 1.94 bits per heavy atom. The van der Waals surface area contributed by atoms with Crippen molar-refractivity contribution in [3.05, 3.63) is 34.9 Å². The van der Waals surface area contributed by atoms with Crippen LogP contribution >= 0.6 is 0 Å². The van der Waals surface area contributed by atoms with Gasteiger partial charge in [-0.15, -0.1) is 0 Å². The van der Waals surface area contributed by atoms with Gasteiger partial charge >= 0.3 is 0 Å². The molecule has 0 radical (unpaired) electrons. The standard InChI is InChI=1S/C14H22N2O/c1-10-6-7-12(14(2,3)4)8-11(10)9-13(17)16(5)15/h6-8H,9,15H2,1-5H3. The predicted molar refractivity (Wildman–Crippen MR) is 70.5 cm³/mol. The van der Waals surface area contributed by atoms with Gasteiger partial charge in [0.1, 0.15) is 0 Å². The average molecular weight is 234 g/mol. The lowest BCUT2D eigenvalue weighted by Crippen LogP contribution is -2.34. The third-order valence-electron chi connectivity index (χ3n) is 2.95. The number of hydrogen-bond donors (Lipinski definition) is 1. The van der Waals surface area contributed by atoms with Gasteiger partial charge in [0.2, 0.25) is 5.91 Å². The Morgan fingerprint density at radius 1 is 1.35 bits per heavy atom. The van der Waals surface area contributed by atoms with E-state index in [0.717, 1.165) is 16.1 Å². The van der Waals surface area contributed by atoms with Crippen LogP contribution < -0.4 is 5.84 Å². The number of hydrogen-bond acceptors (Lipinski definition) is 2. The van der Waals surface area contributed by atoms with E-state index < -0.39 is 0 Å². The van der Waals surface area contributed by atoms with Gasteiger partial charge in [-0.3, -0.25) is 9.80 Å². The predicted octanol–water partition coefficient (Wildman–Crippen LogP) is 2.17. The largest absolute Gasteiger partial charge is 0.284 e. The molecule has 2 N–H and O–H groups in total. The van der Waals surface area contributed by atoms with Crippen LogP contribution in [-0.2, 0) is 16.6 Å². The third-order valence-corrected chi connectivity index (χ3v) is 2.95. The van der Waals surface area contributed by atoms with Gasteiger partial charge in [-0.2, -0.15) is 0 Å². The number of rotatable bonds is 2. The molecule has 1 amide bonds. The molecular weight excluding hydrogens is 212 g/mol. The van der Waals surface area contributed by atoms with E-state index in [1.54, 1.807) is 7.05 Å². The summed E-state index contributed by atoms with van der Waals surface area (Å²) in [6, 6.07) is 6.30. The summed E-state index contributed by atoms with van der Waals surface area (Å²) in [6.07, 6.45) is 0.364. The van der Waals surface area contributed by atoms with E-state index in [4.69, 9.17) is 5.84 Å². The fraction of sp³-hybridized carbons (Fsp3) is 0.500. The van der Waals surface area contributed by atoms with Crippen LogP contribution in [0.15, 0.2) is 18.2 Å². The smallest absolute Gasteiger partial charge is 0.240 e. The molecule has 1 aromatic carbocycles. The first kappa shape index (κ1) is 13.7. The summed E-state index contributed by atoms with van der Waals surface area (Å²) in [4.78, 5) is 11.6. The molecule has 3 heteroatoms. The van der Waals surface area contributed by atoms with Crippen molar-refractivity contribution < 1.29 is 4.79 Å². The normalized spacial score (nSPS) is 11.4. The average Bonchev–Trinajstić information content (AvgIpc) is 2.19. The summed E-state index contributed by atoms with van der Waals surface area (Å²) < 4.78 is 0. The molecule has 0 aliphatic heterocycles. The lowest BCUT2D eigenvalue weighted by molar-refractivity contribution is -0.129. The molecule has 0 spiro atoms. The summed E-state index contributed by atoms with van der Waals surface area (Å²) >= 11 is 0. The highest BCUT2D eigenvalue weighted by Crippen LogP contribution is 2.24. The van der Waals surface area contributed by atoms with Crippen LogP contribution in [0.5, 0.6) is 0 Å². The van der Waals surface area contributed by atoms with Crippen molar-refractivity contribution in [1.82, 2.24) is 5.01 Å². The maximum absolute atomic E-state index is 11.6. The first-order valence-electron chi connectivity index (χ1n) is 5.83. The maximum Gasteiger partial charge on any atom is 0.240 e. The molecule has 1 rings (SSSR count). The van der Waals surface area contributed by atoms with Crippen molar-refractivity contribution in [2.24, 2.45) is 5.84 Å². The van der Waals surface area contributed by atoms with Gasteiger partial charge in [-0.1, -0.05) is 39.0 Å². The number of nitrogens with zero attached hydrogens (tertiary/aromatic N) is 1. The molecule has 1 aromatic rings. The van der Waals surface area contributed by atoms with Crippen LogP contribution in [0.3, 0.4) is 0 Å². The van der Waals surface area contributed by atoms with Gasteiger partial charge in [-0.05, 0) is 29.0 Å². The molecule has 94 valence electrons. The van der Waals surface area contributed by atoms with Gasteiger partial charge < -0.3 is 0 Å². The summed E-state index contributed by atoms with van der Waals surface area (Å²) in [7, 11) is 1.57. The second-order valence-corrected chi connectivity index (χ2v) is 5.57. The third kappa shape index (κ3) is 3.56. The fourth-order valence-electron chi connectivity index (χ4n) is 1.62. The van der Waals surface area contributed by atoms with Gasteiger partial charge in [0.05, 0.1) is 6.42 Å². The molecule has 0 unspecified atom stereocenters.